The molecular weight excluding hydrogens is 377 g/mol. The zero-order valence-electron chi connectivity index (χ0n) is 14.2. The van der Waals surface area contributed by atoms with Crippen LogP contribution in [0.2, 0.25) is 0 Å². The summed E-state index contributed by atoms with van der Waals surface area (Å²) in [5.74, 6) is 1.56. The lowest BCUT2D eigenvalue weighted by Gasteiger charge is -2.30. The molecule has 1 saturated carbocycles. The Balaban J connectivity index is 0.00000400. The highest BCUT2D eigenvalue weighted by molar-refractivity contribution is 14.0. The number of guanidine groups is 1. The first-order valence-electron chi connectivity index (χ1n) is 8.14. The van der Waals surface area contributed by atoms with E-state index in [1.807, 2.05) is 7.05 Å². The van der Waals surface area contributed by atoms with E-state index >= 15 is 0 Å². The van der Waals surface area contributed by atoms with Crippen LogP contribution in [0.4, 0.5) is 0 Å². The van der Waals surface area contributed by atoms with Crippen molar-refractivity contribution in [2.24, 2.45) is 16.3 Å². The van der Waals surface area contributed by atoms with E-state index in [1.54, 1.807) is 0 Å². The first-order chi connectivity index (χ1) is 9.62. The second kappa shape index (κ2) is 11.5. The molecule has 0 amide bonds. The minimum absolute atomic E-state index is 0. The summed E-state index contributed by atoms with van der Waals surface area (Å²) in [5.41, 5.74) is 0.407. The van der Waals surface area contributed by atoms with Gasteiger partial charge in [0.2, 0.25) is 0 Å². The largest absolute Gasteiger partial charge is 0.382 e. The van der Waals surface area contributed by atoms with Crippen molar-refractivity contribution in [3.05, 3.63) is 0 Å². The lowest BCUT2D eigenvalue weighted by molar-refractivity contribution is 0.105. The number of ether oxygens (including phenoxy) is 1. The summed E-state index contributed by atoms with van der Waals surface area (Å²) in [6.45, 7) is 10.2. The van der Waals surface area contributed by atoms with Crippen molar-refractivity contribution < 1.29 is 4.74 Å². The Morgan fingerprint density at radius 2 is 1.90 bits per heavy atom. The van der Waals surface area contributed by atoms with E-state index in [-0.39, 0.29) is 24.0 Å². The molecule has 126 valence electrons. The van der Waals surface area contributed by atoms with Gasteiger partial charge in [0.05, 0.1) is 0 Å². The number of nitrogens with one attached hydrogen (secondary N) is 2. The number of hydrogen-bond donors (Lipinski definition) is 2. The molecule has 0 radical (unpaired) electrons. The maximum atomic E-state index is 5.56. The average Bonchev–Trinajstić information content (AvgIpc) is 2.88. The first-order valence-corrected chi connectivity index (χ1v) is 8.14. The van der Waals surface area contributed by atoms with Gasteiger partial charge in [-0.2, -0.15) is 0 Å². The van der Waals surface area contributed by atoms with Gasteiger partial charge in [0, 0.05) is 33.4 Å². The third kappa shape index (κ3) is 8.24. The van der Waals surface area contributed by atoms with Gasteiger partial charge in [0.25, 0.3) is 0 Å². The summed E-state index contributed by atoms with van der Waals surface area (Å²) >= 11 is 0. The Morgan fingerprint density at radius 1 is 1.24 bits per heavy atom. The summed E-state index contributed by atoms with van der Waals surface area (Å²) in [5, 5.41) is 6.90. The van der Waals surface area contributed by atoms with Gasteiger partial charge in [-0.15, -0.1) is 24.0 Å². The summed E-state index contributed by atoms with van der Waals surface area (Å²) in [7, 11) is 1.84. The minimum atomic E-state index is 0. The van der Waals surface area contributed by atoms with E-state index in [9.17, 15) is 0 Å². The lowest BCUT2D eigenvalue weighted by Crippen LogP contribution is -2.44. The van der Waals surface area contributed by atoms with Crippen LogP contribution in [-0.2, 0) is 4.74 Å². The third-order valence-electron chi connectivity index (χ3n) is 4.18. The number of rotatable bonds is 8. The Kier molecular flexibility index (Phi) is 11.5. The van der Waals surface area contributed by atoms with Crippen molar-refractivity contribution >= 4 is 29.9 Å². The Morgan fingerprint density at radius 3 is 2.43 bits per heavy atom. The molecule has 0 unspecified atom stereocenters. The second-order valence-corrected chi connectivity index (χ2v) is 6.35. The molecule has 0 heterocycles. The summed E-state index contributed by atoms with van der Waals surface area (Å²) in [6, 6.07) is 0. The van der Waals surface area contributed by atoms with Crippen molar-refractivity contribution in [3.8, 4) is 0 Å². The van der Waals surface area contributed by atoms with Crippen LogP contribution in [0.25, 0.3) is 0 Å². The van der Waals surface area contributed by atoms with E-state index in [4.69, 9.17) is 4.74 Å². The van der Waals surface area contributed by atoms with Crippen LogP contribution in [0.3, 0.4) is 0 Å². The van der Waals surface area contributed by atoms with Crippen LogP contribution >= 0.6 is 24.0 Å². The molecule has 0 atom stereocenters. The van der Waals surface area contributed by atoms with E-state index in [1.165, 1.54) is 25.7 Å². The van der Waals surface area contributed by atoms with Gasteiger partial charge in [-0.3, -0.25) is 4.99 Å². The fourth-order valence-electron chi connectivity index (χ4n) is 2.87. The minimum Gasteiger partial charge on any atom is -0.382 e. The molecule has 0 aromatic carbocycles. The van der Waals surface area contributed by atoms with E-state index < -0.39 is 0 Å². The van der Waals surface area contributed by atoms with Crippen molar-refractivity contribution in [3.63, 3.8) is 0 Å². The third-order valence-corrected chi connectivity index (χ3v) is 4.18. The van der Waals surface area contributed by atoms with Gasteiger partial charge in [-0.1, -0.05) is 26.7 Å². The van der Waals surface area contributed by atoms with E-state index in [0.29, 0.717) is 11.3 Å². The van der Waals surface area contributed by atoms with E-state index in [0.717, 1.165) is 38.7 Å². The van der Waals surface area contributed by atoms with Crippen LogP contribution < -0.4 is 10.6 Å². The molecule has 2 N–H and O–H groups in total. The molecule has 0 aromatic rings. The van der Waals surface area contributed by atoms with Gasteiger partial charge in [-0.05, 0) is 37.5 Å². The van der Waals surface area contributed by atoms with Gasteiger partial charge in [0.1, 0.15) is 0 Å². The predicted molar refractivity (Wildman–Crippen MR) is 102 cm³/mol. The molecule has 1 rings (SSSR count). The highest BCUT2D eigenvalue weighted by Crippen LogP contribution is 2.40. The molecule has 21 heavy (non-hydrogen) atoms. The van der Waals surface area contributed by atoms with Gasteiger partial charge >= 0.3 is 0 Å². The Hall–Kier alpha value is -0.0400. The van der Waals surface area contributed by atoms with Crippen LogP contribution in [-0.4, -0.2) is 39.3 Å². The smallest absolute Gasteiger partial charge is 0.191 e. The van der Waals surface area contributed by atoms with Crippen molar-refractivity contribution in [2.45, 2.75) is 52.9 Å². The van der Waals surface area contributed by atoms with Crippen molar-refractivity contribution in [1.29, 1.82) is 0 Å². The number of nitrogens with zero attached hydrogens (tertiary/aromatic N) is 1. The maximum absolute atomic E-state index is 5.56. The van der Waals surface area contributed by atoms with Gasteiger partial charge in [-0.25, -0.2) is 0 Å². The average molecular weight is 411 g/mol. The molecule has 0 bridgehead atoms. The van der Waals surface area contributed by atoms with Crippen LogP contribution in [0.1, 0.15) is 52.9 Å². The fraction of sp³-hybridized carbons (Fsp3) is 0.938. The normalized spacial score (nSPS) is 17.7. The molecule has 0 spiro atoms. The molecule has 1 aliphatic carbocycles. The quantitative estimate of drug-likeness (QED) is 0.279. The Labute approximate surface area is 147 Å². The van der Waals surface area contributed by atoms with E-state index in [2.05, 4.69) is 36.4 Å². The molecule has 1 aliphatic rings. The van der Waals surface area contributed by atoms with Gasteiger partial charge < -0.3 is 15.4 Å². The molecular formula is C16H34IN3O. The predicted octanol–water partition coefficient (Wildman–Crippen LogP) is 3.41. The summed E-state index contributed by atoms with van der Waals surface area (Å²) < 4.78 is 5.56. The second-order valence-electron chi connectivity index (χ2n) is 6.35. The first kappa shape index (κ1) is 21.0. The fourth-order valence-corrected chi connectivity index (χ4v) is 2.87. The van der Waals surface area contributed by atoms with Crippen LogP contribution in [0, 0.1) is 11.3 Å². The monoisotopic (exact) mass is 411 g/mol. The van der Waals surface area contributed by atoms with Gasteiger partial charge in [0.15, 0.2) is 5.96 Å². The number of hydrogen-bond acceptors (Lipinski definition) is 2. The molecule has 0 aromatic heterocycles. The summed E-state index contributed by atoms with van der Waals surface area (Å²) in [6.07, 6.45) is 6.50. The standard InChI is InChI=1S/C16H33N3O.HI/c1-5-20-11-10-16(8-6-7-9-16)13-19-15(17-4)18-12-14(2)3;/h14H,5-13H2,1-4H3,(H2,17,18,19);1H. The molecule has 0 aliphatic heterocycles. The number of aliphatic imine (C=N–C) groups is 1. The van der Waals surface area contributed by atoms with Crippen LogP contribution in [0.15, 0.2) is 4.99 Å². The summed E-state index contributed by atoms with van der Waals surface area (Å²) in [4.78, 5) is 4.31. The van der Waals surface area contributed by atoms with Crippen molar-refractivity contribution in [1.82, 2.24) is 10.6 Å². The van der Waals surface area contributed by atoms with Crippen molar-refractivity contribution in [2.75, 3.05) is 33.4 Å². The lowest BCUT2D eigenvalue weighted by atomic mass is 9.83. The Bertz CT molecular complexity index is 289. The number of halogens is 1. The molecule has 1 fully saturated rings. The molecule has 0 saturated heterocycles. The van der Waals surface area contributed by atoms with Crippen LogP contribution in [0.5, 0.6) is 0 Å². The topological polar surface area (TPSA) is 45.6 Å². The highest BCUT2D eigenvalue weighted by Gasteiger charge is 2.33. The SMILES string of the molecule is CCOCCC1(CNC(=NC)NCC(C)C)CCCC1.I. The molecule has 5 heteroatoms. The maximum Gasteiger partial charge on any atom is 0.191 e. The highest BCUT2D eigenvalue weighted by atomic mass is 127. The zero-order chi connectivity index (χ0) is 14.8. The molecule has 4 nitrogen and oxygen atoms in total. The zero-order valence-corrected chi connectivity index (χ0v) is 16.5.